The third-order valence-corrected chi connectivity index (χ3v) is 4.41. The van der Waals surface area contributed by atoms with Crippen molar-refractivity contribution in [1.82, 2.24) is 0 Å². The first kappa shape index (κ1) is 16.8. The molecule has 0 aliphatic heterocycles. The van der Waals surface area contributed by atoms with Crippen LogP contribution >= 0.6 is 0 Å². The van der Waals surface area contributed by atoms with E-state index in [2.05, 4.69) is 4.74 Å². The number of ketones is 2. The molecule has 0 aromatic heterocycles. The van der Waals surface area contributed by atoms with Crippen LogP contribution in [0, 0.1) is 0 Å². The second-order valence-electron chi connectivity index (χ2n) is 5.72. The number of aliphatic hydroxyl groups excluding tert-OH is 1. The molecular weight excluding hydrogens is 320 g/mol. The van der Waals surface area contributed by atoms with Gasteiger partial charge in [0.1, 0.15) is 0 Å². The van der Waals surface area contributed by atoms with E-state index in [1.165, 1.54) is 6.08 Å². The number of aliphatic hydroxyl groups is 1. The SMILES string of the molecule is COC(=O)C(=O)[C@]1(c2ccccc2)C(=O)C(c2ccccc2)=C[C@@H]1O. The molecule has 0 unspecified atom stereocenters. The zero-order valence-corrected chi connectivity index (χ0v) is 13.5. The molecule has 0 saturated heterocycles. The third-order valence-electron chi connectivity index (χ3n) is 4.41. The number of methoxy groups -OCH3 is 1. The lowest BCUT2D eigenvalue weighted by Crippen LogP contribution is -2.52. The summed E-state index contributed by atoms with van der Waals surface area (Å²) in [6.07, 6.45) is -0.143. The quantitative estimate of drug-likeness (QED) is 0.522. The lowest BCUT2D eigenvalue weighted by atomic mass is 9.71. The van der Waals surface area contributed by atoms with E-state index in [0.717, 1.165) is 7.11 Å². The van der Waals surface area contributed by atoms with Gasteiger partial charge in [0.2, 0.25) is 0 Å². The van der Waals surface area contributed by atoms with Crippen molar-refractivity contribution < 1.29 is 24.2 Å². The van der Waals surface area contributed by atoms with Gasteiger partial charge < -0.3 is 9.84 Å². The van der Waals surface area contributed by atoms with Crippen molar-refractivity contribution >= 4 is 23.1 Å². The Hall–Kier alpha value is -3.05. The monoisotopic (exact) mass is 336 g/mol. The summed E-state index contributed by atoms with van der Waals surface area (Å²) in [5.74, 6) is -2.87. The number of esters is 1. The molecule has 2 aromatic rings. The molecule has 2 atom stereocenters. The highest BCUT2D eigenvalue weighted by atomic mass is 16.5. The van der Waals surface area contributed by atoms with Crippen LogP contribution in [0.1, 0.15) is 11.1 Å². The minimum atomic E-state index is -2.03. The predicted molar refractivity (Wildman–Crippen MR) is 90.6 cm³/mol. The number of allylic oxidation sites excluding steroid dienone is 1. The first-order valence-corrected chi connectivity index (χ1v) is 7.71. The maximum absolute atomic E-state index is 13.2. The molecular formula is C20H16O5. The predicted octanol–water partition coefficient (Wildman–Crippen LogP) is 1.69. The number of rotatable bonds is 4. The Morgan fingerprint density at radius 3 is 2.12 bits per heavy atom. The van der Waals surface area contributed by atoms with E-state index in [1.807, 2.05) is 0 Å². The van der Waals surface area contributed by atoms with Crippen molar-refractivity contribution in [3.8, 4) is 0 Å². The Bertz CT molecular complexity index is 854. The summed E-state index contributed by atoms with van der Waals surface area (Å²) in [5.41, 5.74) is -0.999. The molecule has 1 aliphatic rings. The number of benzene rings is 2. The van der Waals surface area contributed by atoms with E-state index in [4.69, 9.17) is 0 Å². The average molecular weight is 336 g/mol. The Morgan fingerprint density at radius 1 is 1.00 bits per heavy atom. The molecule has 0 saturated carbocycles. The Balaban J connectivity index is 2.19. The molecule has 5 heteroatoms. The average Bonchev–Trinajstić information content (AvgIpc) is 2.93. The lowest BCUT2D eigenvalue weighted by Gasteiger charge is -2.29. The van der Waals surface area contributed by atoms with Crippen LogP contribution in [0.3, 0.4) is 0 Å². The molecule has 0 spiro atoms. The van der Waals surface area contributed by atoms with E-state index in [-0.39, 0.29) is 11.1 Å². The first-order chi connectivity index (χ1) is 12.0. The van der Waals surface area contributed by atoms with Crippen molar-refractivity contribution in [2.24, 2.45) is 0 Å². The summed E-state index contributed by atoms with van der Waals surface area (Å²) in [6, 6.07) is 16.8. The fourth-order valence-corrected chi connectivity index (χ4v) is 3.18. The number of hydrogen-bond donors (Lipinski definition) is 1. The molecule has 0 heterocycles. The van der Waals surface area contributed by atoms with Gasteiger partial charge in [0.05, 0.1) is 13.2 Å². The normalized spacial score (nSPS) is 22.4. The minimum absolute atomic E-state index is 0.203. The fourth-order valence-electron chi connectivity index (χ4n) is 3.18. The number of carbonyl (C=O) groups excluding carboxylic acids is 3. The van der Waals surface area contributed by atoms with Crippen molar-refractivity contribution in [2.45, 2.75) is 11.5 Å². The van der Waals surface area contributed by atoms with E-state index in [9.17, 15) is 19.5 Å². The van der Waals surface area contributed by atoms with Crippen LogP contribution in [-0.4, -0.2) is 35.9 Å². The van der Waals surface area contributed by atoms with Crippen LogP contribution in [-0.2, 0) is 24.5 Å². The maximum Gasteiger partial charge on any atom is 0.375 e. The number of Topliss-reactive ketones (excluding diaryl/α,β-unsaturated/α-hetero) is 2. The van der Waals surface area contributed by atoms with Crippen molar-refractivity contribution in [3.63, 3.8) is 0 Å². The number of ether oxygens (including phenoxy) is 1. The van der Waals surface area contributed by atoms with Gasteiger partial charge in [-0.3, -0.25) is 9.59 Å². The van der Waals surface area contributed by atoms with Gasteiger partial charge in [-0.05, 0) is 17.2 Å². The highest BCUT2D eigenvalue weighted by Crippen LogP contribution is 2.42. The van der Waals surface area contributed by atoms with Crippen LogP contribution in [0.15, 0.2) is 66.7 Å². The van der Waals surface area contributed by atoms with Crippen LogP contribution in [0.2, 0.25) is 0 Å². The van der Waals surface area contributed by atoms with Gasteiger partial charge >= 0.3 is 5.97 Å². The molecule has 0 bridgehead atoms. The molecule has 0 amide bonds. The summed E-state index contributed by atoms with van der Waals surface area (Å²) in [6.45, 7) is 0. The summed E-state index contributed by atoms with van der Waals surface area (Å²) in [7, 11) is 1.07. The van der Waals surface area contributed by atoms with E-state index >= 15 is 0 Å². The summed E-state index contributed by atoms with van der Waals surface area (Å²) in [4.78, 5) is 38.0. The summed E-state index contributed by atoms with van der Waals surface area (Å²) >= 11 is 0. The second kappa shape index (κ2) is 6.45. The Kier molecular flexibility index (Phi) is 4.33. The number of hydrogen-bond acceptors (Lipinski definition) is 5. The van der Waals surface area contributed by atoms with Crippen LogP contribution in [0.5, 0.6) is 0 Å². The van der Waals surface area contributed by atoms with Gasteiger partial charge in [0.25, 0.3) is 5.78 Å². The standard InChI is InChI=1S/C20H16O5/c1-25-19(24)18(23)20(14-10-6-3-7-11-14)16(21)12-15(17(20)22)13-8-4-2-5-9-13/h2-12,16,21H,1H3/t16-,20-/m0/s1. The van der Waals surface area contributed by atoms with Crippen molar-refractivity contribution in [2.75, 3.05) is 7.11 Å². The molecule has 5 nitrogen and oxygen atoms in total. The van der Waals surface area contributed by atoms with E-state index in [1.54, 1.807) is 60.7 Å². The minimum Gasteiger partial charge on any atom is -0.463 e. The molecule has 126 valence electrons. The fraction of sp³-hybridized carbons (Fsp3) is 0.150. The molecule has 0 radical (unpaired) electrons. The van der Waals surface area contributed by atoms with Crippen LogP contribution in [0.25, 0.3) is 5.57 Å². The van der Waals surface area contributed by atoms with Gasteiger partial charge in [-0.25, -0.2) is 4.79 Å². The highest BCUT2D eigenvalue weighted by molar-refractivity contribution is 6.49. The third kappa shape index (κ3) is 2.49. The molecule has 2 aromatic carbocycles. The topological polar surface area (TPSA) is 80.7 Å². The lowest BCUT2D eigenvalue weighted by molar-refractivity contribution is -0.157. The van der Waals surface area contributed by atoms with Gasteiger partial charge in [-0.15, -0.1) is 0 Å². The maximum atomic E-state index is 13.2. The van der Waals surface area contributed by atoms with E-state index in [0.29, 0.717) is 5.56 Å². The molecule has 25 heavy (non-hydrogen) atoms. The zero-order valence-electron chi connectivity index (χ0n) is 13.5. The zero-order chi connectivity index (χ0) is 18.0. The number of carbonyl (C=O) groups is 3. The van der Waals surface area contributed by atoms with Gasteiger partial charge in [0, 0.05) is 5.57 Å². The molecule has 0 fully saturated rings. The summed E-state index contributed by atoms with van der Waals surface area (Å²) in [5, 5.41) is 10.7. The van der Waals surface area contributed by atoms with Crippen molar-refractivity contribution in [3.05, 3.63) is 77.9 Å². The summed E-state index contributed by atoms with van der Waals surface area (Å²) < 4.78 is 4.53. The highest BCUT2D eigenvalue weighted by Gasteiger charge is 2.59. The Morgan fingerprint density at radius 2 is 1.56 bits per heavy atom. The largest absolute Gasteiger partial charge is 0.463 e. The molecule has 3 rings (SSSR count). The van der Waals surface area contributed by atoms with Gasteiger partial charge in [-0.2, -0.15) is 0 Å². The van der Waals surface area contributed by atoms with Gasteiger partial charge in [-0.1, -0.05) is 60.7 Å². The molecule has 1 aliphatic carbocycles. The van der Waals surface area contributed by atoms with E-state index < -0.39 is 29.1 Å². The second-order valence-corrected chi connectivity index (χ2v) is 5.72. The van der Waals surface area contributed by atoms with Crippen molar-refractivity contribution in [1.29, 1.82) is 0 Å². The Labute approximate surface area is 144 Å². The smallest absolute Gasteiger partial charge is 0.375 e. The van der Waals surface area contributed by atoms with Gasteiger partial charge in [0.15, 0.2) is 11.2 Å². The molecule has 1 N–H and O–H groups in total. The van der Waals surface area contributed by atoms with Crippen LogP contribution < -0.4 is 0 Å². The first-order valence-electron chi connectivity index (χ1n) is 7.71. The van der Waals surface area contributed by atoms with Crippen LogP contribution in [0.4, 0.5) is 0 Å².